The fourth-order valence-electron chi connectivity index (χ4n) is 1.74. The molecule has 0 aromatic heterocycles. The molecule has 68 valence electrons. The standard InChI is InChI=1S/C11H12FN/c1-8-4-2-5-9(12)11(8)10-6-3-7-13-10/h2,4-5H,3,6-7H2,1H3. The number of aryl methyl sites for hydroxylation is 1. The van der Waals surface area contributed by atoms with E-state index in [2.05, 4.69) is 4.99 Å². The molecule has 13 heavy (non-hydrogen) atoms. The van der Waals surface area contributed by atoms with E-state index in [1.54, 1.807) is 6.07 Å². The van der Waals surface area contributed by atoms with Crippen LogP contribution < -0.4 is 0 Å². The molecule has 2 rings (SSSR count). The predicted octanol–water partition coefficient (Wildman–Crippen LogP) is 2.72. The zero-order chi connectivity index (χ0) is 9.26. The molecule has 1 aromatic rings. The number of rotatable bonds is 1. The SMILES string of the molecule is Cc1cccc(F)c1C1=NCCC1. The Morgan fingerprint density at radius 3 is 2.85 bits per heavy atom. The first-order valence-electron chi connectivity index (χ1n) is 4.58. The van der Waals surface area contributed by atoms with Crippen LogP contribution in [0.3, 0.4) is 0 Å². The van der Waals surface area contributed by atoms with Gasteiger partial charge in [-0.15, -0.1) is 0 Å². The Labute approximate surface area is 77.3 Å². The summed E-state index contributed by atoms with van der Waals surface area (Å²) in [4.78, 5) is 4.30. The van der Waals surface area contributed by atoms with Crippen molar-refractivity contribution in [3.05, 3.63) is 35.1 Å². The van der Waals surface area contributed by atoms with Gasteiger partial charge in [0.1, 0.15) is 5.82 Å². The van der Waals surface area contributed by atoms with E-state index >= 15 is 0 Å². The van der Waals surface area contributed by atoms with E-state index < -0.39 is 0 Å². The van der Waals surface area contributed by atoms with Gasteiger partial charge in [0.2, 0.25) is 0 Å². The Bertz CT molecular complexity index is 335. The van der Waals surface area contributed by atoms with E-state index in [-0.39, 0.29) is 5.82 Å². The Morgan fingerprint density at radius 2 is 2.23 bits per heavy atom. The minimum Gasteiger partial charge on any atom is -0.289 e. The van der Waals surface area contributed by atoms with Gasteiger partial charge in [-0.25, -0.2) is 4.39 Å². The molecule has 0 amide bonds. The van der Waals surface area contributed by atoms with E-state index in [0.29, 0.717) is 0 Å². The molecule has 0 fully saturated rings. The molecule has 0 saturated carbocycles. The van der Waals surface area contributed by atoms with Crippen LogP contribution in [0.5, 0.6) is 0 Å². The summed E-state index contributed by atoms with van der Waals surface area (Å²) < 4.78 is 13.4. The quantitative estimate of drug-likeness (QED) is 0.625. The summed E-state index contributed by atoms with van der Waals surface area (Å²) in [5.41, 5.74) is 2.65. The van der Waals surface area contributed by atoms with Crippen LogP contribution in [0.2, 0.25) is 0 Å². The molecule has 0 N–H and O–H groups in total. The highest BCUT2D eigenvalue weighted by Gasteiger charge is 2.14. The topological polar surface area (TPSA) is 12.4 Å². The van der Waals surface area contributed by atoms with Crippen molar-refractivity contribution < 1.29 is 4.39 Å². The van der Waals surface area contributed by atoms with Gasteiger partial charge < -0.3 is 0 Å². The van der Waals surface area contributed by atoms with Gasteiger partial charge >= 0.3 is 0 Å². The Hall–Kier alpha value is -1.18. The van der Waals surface area contributed by atoms with Crippen molar-refractivity contribution in [3.8, 4) is 0 Å². The number of aliphatic imine (C=N–C) groups is 1. The van der Waals surface area contributed by atoms with Gasteiger partial charge in [0.15, 0.2) is 0 Å². The lowest BCUT2D eigenvalue weighted by Gasteiger charge is -2.05. The van der Waals surface area contributed by atoms with Crippen molar-refractivity contribution >= 4 is 5.71 Å². The second-order valence-electron chi connectivity index (χ2n) is 3.36. The van der Waals surface area contributed by atoms with Crippen LogP contribution in [0, 0.1) is 12.7 Å². The summed E-state index contributed by atoms with van der Waals surface area (Å²) in [6, 6.07) is 5.17. The average molecular weight is 177 g/mol. The fourth-order valence-corrected chi connectivity index (χ4v) is 1.74. The van der Waals surface area contributed by atoms with Crippen LogP contribution in [-0.4, -0.2) is 12.3 Å². The molecule has 1 aliphatic heterocycles. The first kappa shape index (κ1) is 8.42. The van der Waals surface area contributed by atoms with E-state index in [9.17, 15) is 4.39 Å². The minimum atomic E-state index is -0.138. The molecule has 0 saturated heterocycles. The molecular formula is C11H12FN. The van der Waals surface area contributed by atoms with Crippen LogP contribution in [0.4, 0.5) is 4.39 Å². The molecule has 1 heterocycles. The lowest BCUT2D eigenvalue weighted by atomic mass is 10.0. The van der Waals surface area contributed by atoms with E-state index in [4.69, 9.17) is 0 Å². The van der Waals surface area contributed by atoms with Gasteiger partial charge in [-0.1, -0.05) is 12.1 Å². The third-order valence-corrected chi connectivity index (χ3v) is 2.38. The largest absolute Gasteiger partial charge is 0.289 e. The molecule has 0 spiro atoms. The van der Waals surface area contributed by atoms with Crippen LogP contribution in [0.25, 0.3) is 0 Å². The monoisotopic (exact) mass is 177 g/mol. The van der Waals surface area contributed by atoms with Crippen molar-refractivity contribution in [3.63, 3.8) is 0 Å². The molecule has 0 unspecified atom stereocenters. The highest BCUT2D eigenvalue weighted by atomic mass is 19.1. The van der Waals surface area contributed by atoms with Crippen LogP contribution in [-0.2, 0) is 0 Å². The molecule has 1 aliphatic rings. The number of nitrogens with zero attached hydrogens (tertiary/aromatic N) is 1. The number of hydrogen-bond acceptors (Lipinski definition) is 1. The third kappa shape index (κ3) is 1.48. The smallest absolute Gasteiger partial charge is 0.132 e. The Morgan fingerprint density at radius 1 is 1.38 bits per heavy atom. The average Bonchev–Trinajstić information content (AvgIpc) is 2.57. The molecule has 1 nitrogen and oxygen atoms in total. The zero-order valence-electron chi connectivity index (χ0n) is 7.68. The van der Waals surface area contributed by atoms with Crippen molar-refractivity contribution in [2.75, 3.05) is 6.54 Å². The summed E-state index contributed by atoms with van der Waals surface area (Å²) in [5.74, 6) is -0.138. The molecule has 0 radical (unpaired) electrons. The lowest BCUT2D eigenvalue weighted by Crippen LogP contribution is -2.02. The van der Waals surface area contributed by atoms with Gasteiger partial charge in [0.05, 0.1) is 0 Å². The van der Waals surface area contributed by atoms with Gasteiger partial charge in [0.25, 0.3) is 0 Å². The predicted molar refractivity (Wildman–Crippen MR) is 51.8 cm³/mol. The van der Waals surface area contributed by atoms with E-state index in [1.165, 1.54) is 6.07 Å². The minimum absolute atomic E-state index is 0.138. The molecule has 2 heteroatoms. The third-order valence-electron chi connectivity index (χ3n) is 2.38. The Balaban J connectivity index is 2.49. The fraction of sp³-hybridized carbons (Fsp3) is 0.364. The maximum Gasteiger partial charge on any atom is 0.132 e. The summed E-state index contributed by atoms with van der Waals surface area (Å²) >= 11 is 0. The lowest BCUT2D eigenvalue weighted by molar-refractivity contribution is 0.623. The van der Waals surface area contributed by atoms with Gasteiger partial charge in [0, 0.05) is 17.8 Å². The second-order valence-corrected chi connectivity index (χ2v) is 3.36. The van der Waals surface area contributed by atoms with Crippen molar-refractivity contribution in [2.45, 2.75) is 19.8 Å². The van der Waals surface area contributed by atoms with E-state index in [1.807, 2.05) is 13.0 Å². The van der Waals surface area contributed by atoms with E-state index in [0.717, 1.165) is 36.2 Å². The number of hydrogen-bond donors (Lipinski definition) is 0. The van der Waals surface area contributed by atoms with Gasteiger partial charge in [-0.05, 0) is 31.4 Å². The molecular weight excluding hydrogens is 165 g/mol. The highest BCUT2D eigenvalue weighted by Crippen LogP contribution is 2.19. The van der Waals surface area contributed by atoms with Crippen molar-refractivity contribution in [1.29, 1.82) is 0 Å². The van der Waals surface area contributed by atoms with Gasteiger partial charge in [-0.2, -0.15) is 0 Å². The zero-order valence-corrected chi connectivity index (χ0v) is 7.68. The summed E-state index contributed by atoms with van der Waals surface area (Å²) in [6.07, 6.45) is 1.98. The maximum atomic E-state index is 13.4. The summed E-state index contributed by atoms with van der Waals surface area (Å²) in [7, 11) is 0. The molecule has 0 aliphatic carbocycles. The summed E-state index contributed by atoms with van der Waals surface area (Å²) in [6.45, 7) is 2.78. The normalized spacial score (nSPS) is 16.0. The van der Waals surface area contributed by atoms with Crippen LogP contribution >= 0.6 is 0 Å². The number of benzene rings is 1. The Kier molecular flexibility index (Phi) is 2.13. The van der Waals surface area contributed by atoms with Gasteiger partial charge in [-0.3, -0.25) is 4.99 Å². The first-order valence-corrected chi connectivity index (χ1v) is 4.58. The maximum absolute atomic E-state index is 13.4. The molecule has 0 bridgehead atoms. The molecule has 0 atom stereocenters. The second kappa shape index (κ2) is 3.29. The molecule has 1 aromatic carbocycles. The van der Waals surface area contributed by atoms with Crippen LogP contribution in [0.1, 0.15) is 24.0 Å². The van der Waals surface area contributed by atoms with Crippen molar-refractivity contribution in [1.82, 2.24) is 0 Å². The summed E-state index contributed by atoms with van der Waals surface area (Å²) in [5, 5.41) is 0. The first-order chi connectivity index (χ1) is 6.29. The highest BCUT2D eigenvalue weighted by molar-refractivity contribution is 6.02. The van der Waals surface area contributed by atoms with Crippen molar-refractivity contribution in [2.24, 2.45) is 4.99 Å². The number of halogens is 1. The van der Waals surface area contributed by atoms with Crippen LogP contribution in [0.15, 0.2) is 23.2 Å².